The summed E-state index contributed by atoms with van der Waals surface area (Å²) in [5.74, 6) is 0. The van der Waals surface area contributed by atoms with Crippen molar-refractivity contribution in [3.05, 3.63) is 73.3 Å². The third-order valence-corrected chi connectivity index (χ3v) is 7.61. The first-order valence-electron chi connectivity index (χ1n) is 9.03. The van der Waals surface area contributed by atoms with Crippen LogP contribution < -0.4 is 9.44 Å². The molecule has 0 fully saturated rings. The summed E-state index contributed by atoms with van der Waals surface area (Å²) in [6.45, 7) is -0.204. The van der Waals surface area contributed by atoms with E-state index < -0.39 is 20.0 Å². The van der Waals surface area contributed by atoms with E-state index in [1.807, 2.05) is 0 Å². The third-order valence-electron chi connectivity index (χ3n) is 4.57. The fourth-order valence-electron chi connectivity index (χ4n) is 3.18. The van der Waals surface area contributed by atoms with Crippen LogP contribution >= 0.6 is 0 Å². The molecule has 4 aromatic rings. The van der Waals surface area contributed by atoms with E-state index in [0.29, 0.717) is 21.5 Å². The minimum absolute atomic E-state index is 0.102. The van der Waals surface area contributed by atoms with Crippen LogP contribution in [0.4, 0.5) is 0 Å². The van der Waals surface area contributed by atoms with Gasteiger partial charge in [0.15, 0.2) is 0 Å². The molecule has 0 atom stereocenters. The quantitative estimate of drug-likeness (QED) is 0.423. The summed E-state index contributed by atoms with van der Waals surface area (Å²) in [7, 11) is -7.65. The lowest BCUT2D eigenvalue weighted by molar-refractivity contribution is 0.571. The number of fused-ring (bicyclic) bond motifs is 2. The fourth-order valence-corrected chi connectivity index (χ4v) is 5.70. The standard InChI is InChI=1S/C20H18N4O4S2/c25-29(26,19-5-1-3-15-13-21-9-7-17(15)19)23-11-12-24-30(27,28)20-6-2-4-16-14-22-10-8-18(16)20/h1-10,13-14,23-24H,11-12H2. The van der Waals surface area contributed by atoms with Gasteiger partial charge < -0.3 is 0 Å². The summed E-state index contributed by atoms with van der Waals surface area (Å²) < 4.78 is 55.7. The maximum absolute atomic E-state index is 12.7. The molecule has 2 heterocycles. The second-order valence-electron chi connectivity index (χ2n) is 6.50. The Hall–Kier alpha value is -2.92. The number of benzene rings is 2. The number of nitrogens with one attached hydrogen (secondary N) is 2. The number of pyridine rings is 2. The van der Waals surface area contributed by atoms with Gasteiger partial charge in [-0.1, -0.05) is 24.3 Å². The second-order valence-corrected chi connectivity index (χ2v) is 9.97. The van der Waals surface area contributed by atoms with Crippen molar-refractivity contribution < 1.29 is 16.8 Å². The SMILES string of the molecule is O=S(=O)(NCCNS(=O)(=O)c1cccc2cnccc12)c1cccc2cnccc12. The lowest BCUT2D eigenvalue weighted by Crippen LogP contribution is -2.34. The molecule has 2 aromatic carbocycles. The highest BCUT2D eigenvalue weighted by molar-refractivity contribution is 7.90. The zero-order valence-electron chi connectivity index (χ0n) is 15.7. The summed E-state index contributed by atoms with van der Waals surface area (Å²) in [5.41, 5.74) is 0. The molecule has 0 bridgehead atoms. The van der Waals surface area contributed by atoms with Gasteiger partial charge in [0.05, 0.1) is 9.79 Å². The smallest absolute Gasteiger partial charge is 0.241 e. The molecule has 0 aliphatic rings. The summed E-state index contributed by atoms with van der Waals surface area (Å²) in [6.07, 6.45) is 6.22. The van der Waals surface area contributed by atoms with Crippen LogP contribution in [0, 0.1) is 0 Å². The Bertz CT molecular complexity index is 1320. The van der Waals surface area contributed by atoms with Crippen LogP contribution in [0.25, 0.3) is 21.5 Å². The fraction of sp³-hybridized carbons (Fsp3) is 0.100. The highest BCUT2D eigenvalue weighted by atomic mass is 32.2. The largest absolute Gasteiger partial charge is 0.264 e. The van der Waals surface area contributed by atoms with Crippen LogP contribution in [0.5, 0.6) is 0 Å². The first-order chi connectivity index (χ1) is 14.4. The van der Waals surface area contributed by atoms with Crippen LogP contribution in [-0.2, 0) is 20.0 Å². The Morgan fingerprint density at radius 1 is 0.633 bits per heavy atom. The Morgan fingerprint density at radius 3 is 1.50 bits per heavy atom. The Labute approximate surface area is 174 Å². The van der Waals surface area contributed by atoms with Crippen LogP contribution in [0.2, 0.25) is 0 Å². The molecule has 4 rings (SSSR count). The molecule has 8 nitrogen and oxygen atoms in total. The van der Waals surface area contributed by atoms with Gasteiger partial charge in [-0.25, -0.2) is 26.3 Å². The predicted molar refractivity (Wildman–Crippen MR) is 114 cm³/mol. The number of nitrogens with zero attached hydrogens (tertiary/aromatic N) is 2. The zero-order chi connectivity index (χ0) is 21.2. The van der Waals surface area contributed by atoms with Crippen molar-refractivity contribution in [2.45, 2.75) is 9.79 Å². The Morgan fingerprint density at radius 2 is 1.07 bits per heavy atom. The molecule has 0 saturated heterocycles. The molecule has 0 amide bonds. The maximum Gasteiger partial charge on any atom is 0.241 e. The highest BCUT2D eigenvalue weighted by Gasteiger charge is 2.19. The van der Waals surface area contributed by atoms with Gasteiger partial charge >= 0.3 is 0 Å². The van der Waals surface area contributed by atoms with Crippen molar-refractivity contribution >= 4 is 41.6 Å². The van der Waals surface area contributed by atoms with E-state index >= 15 is 0 Å². The molecule has 154 valence electrons. The molecule has 2 N–H and O–H groups in total. The minimum atomic E-state index is -3.82. The van der Waals surface area contributed by atoms with E-state index in [1.165, 1.54) is 24.5 Å². The van der Waals surface area contributed by atoms with Gasteiger partial charge in [0.1, 0.15) is 0 Å². The van der Waals surface area contributed by atoms with Gasteiger partial charge in [0.25, 0.3) is 0 Å². The van der Waals surface area contributed by atoms with Crippen LogP contribution in [0.1, 0.15) is 0 Å². The number of hydrogen-bond donors (Lipinski definition) is 2. The zero-order valence-corrected chi connectivity index (χ0v) is 17.3. The molecule has 2 aromatic heterocycles. The molecule has 0 aliphatic heterocycles. The van der Waals surface area contributed by atoms with E-state index in [-0.39, 0.29) is 22.9 Å². The Balaban J connectivity index is 1.48. The average Bonchev–Trinajstić information content (AvgIpc) is 2.76. The van der Waals surface area contributed by atoms with Gasteiger partial charge in [-0.05, 0) is 24.3 Å². The van der Waals surface area contributed by atoms with Gasteiger partial charge in [-0.15, -0.1) is 0 Å². The maximum atomic E-state index is 12.7. The molecular formula is C20H18N4O4S2. The highest BCUT2D eigenvalue weighted by Crippen LogP contribution is 2.22. The summed E-state index contributed by atoms with van der Waals surface area (Å²) in [4.78, 5) is 8.22. The summed E-state index contributed by atoms with van der Waals surface area (Å²) in [6, 6.07) is 13.1. The first-order valence-corrected chi connectivity index (χ1v) is 12.0. The number of sulfonamides is 2. The van der Waals surface area contributed by atoms with Gasteiger partial charge in [0, 0.05) is 59.4 Å². The molecule has 10 heteroatoms. The van der Waals surface area contributed by atoms with Crippen LogP contribution in [0.15, 0.2) is 83.1 Å². The van der Waals surface area contributed by atoms with Gasteiger partial charge in [0.2, 0.25) is 20.0 Å². The molecule has 0 radical (unpaired) electrons. The Kier molecular flexibility index (Phi) is 5.48. The van der Waals surface area contributed by atoms with Gasteiger partial charge in [-0.2, -0.15) is 0 Å². The summed E-state index contributed by atoms with van der Waals surface area (Å²) >= 11 is 0. The lowest BCUT2D eigenvalue weighted by Gasteiger charge is -2.11. The van der Waals surface area contributed by atoms with E-state index in [0.717, 1.165) is 0 Å². The van der Waals surface area contributed by atoms with Crippen molar-refractivity contribution in [3.63, 3.8) is 0 Å². The summed E-state index contributed by atoms with van der Waals surface area (Å²) in [5, 5.41) is 2.49. The number of aromatic nitrogens is 2. The van der Waals surface area contributed by atoms with E-state index in [1.54, 1.807) is 48.8 Å². The van der Waals surface area contributed by atoms with Crippen molar-refractivity contribution in [3.8, 4) is 0 Å². The van der Waals surface area contributed by atoms with Gasteiger partial charge in [-0.3, -0.25) is 9.97 Å². The minimum Gasteiger partial charge on any atom is -0.264 e. The molecule has 0 aliphatic carbocycles. The topological polar surface area (TPSA) is 118 Å². The predicted octanol–water partition coefficient (Wildman–Crippen LogP) is 2.04. The van der Waals surface area contributed by atoms with Crippen LogP contribution in [-0.4, -0.2) is 39.9 Å². The third kappa shape index (κ3) is 4.03. The lowest BCUT2D eigenvalue weighted by atomic mass is 10.2. The van der Waals surface area contributed by atoms with Crippen molar-refractivity contribution in [2.75, 3.05) is 13.1 Å². The van der Waals surface area contributed by atoms with Crippen molar-refractivity contribution in [2.24, 2.45) is 0 Å². The van der Waals surface area contributed by atoms with E-state index in [4.69, 9.17) is 0 Å². The van der Waals surface area contributed by atoms with Crippen molar-refractivity contribution in [1.29, 1.82) is 0 Å². The van der Waals surface area contributed by atoms with E-state index in [9.17, 15) is 16.8 Å². The number of rotatable bonds is 7. The molecule has 0 saturated carbocycles. The van der Waals surface area contributed by atoms with Crippen molar-refractivity contribution in [1.82, 2.24) is 19.4 Å². The normalized spacial score (nSPS) is 12.4. The second kappa shape index (κ2) is 8.07. The first kappa shape index (κ1) is 20.4. The number of hydrogen-bond acceptors (Lipinski definition) is 6. The molecular weight excluding hydrogens is 424 g/mol. The molecule has 0 spiro atoms. The van der Waals surface area contributed by atoms with Crippen LogP contribution in [0.3, 0.4) is 0 Å². The van der Waals surface area contributed by atoms with E-state index in [2.05, 4.69) is 19.4 Å². The molecule has 30 heavy (non-hydrogen) atoms. The monoisotopic (exact) mass is 442 g/mol. The average molecular weight is 443 g/mol. The molecule has 0 unspecified atom stereocenters.